The molecule has 0 aliphatic rings. The Hall–Kier alpha value is -1.85. The Morgan fingerprint density at radius 2 is 2.14 bits per heavy atom. The molecule has 1 N–H and O–H groups in total. The molecule has 112 valence electrons. The van der Waals surface area contributed by atoms with Crippen LogP contribution in [0.2, 0.25) is 5.02 Å². The third kappa shape index (κ3) is 4.31. The molecule has 0 saturated heterocycles. The van der Waals surface area contributed by atoms with Gasteiger partial charge in [0.15, 0.2) is 0 Å². The minimum absolute atomic E-state index is 0.118. The standard InChI is InChI=1S/C15H19ClN4O/c1-19(2)9-5-8-17-15(21)12-10-18-20(11-12)14-7-4-3-6-13(14)16/h3-4,6-7,10-11H,5,8-9H2,1-2H3,(H,17,21). The zero-order chi connectivity index (χ0) is 15.2. The Balaban J connectivity index is 1.97. The predicted molar refractivity (Wildman–Crippen MR) is 84.1 cm³/mol. The average molecular weight is 307 g/mol. The molecule has 1 heterocycles. The first-order valence-electron chi connectivity index (χ1n) is 6.80. The molecule has 0 aliphatic carbocycles. The number of carbonyl (C=O) groups excluding carboxylic acids is 1. The first kappa shape index (κ1) is 15.5. The van der Waals surface area contributed by atoms with Gasteiger partial charge in [0.25, 0.3) is 5.91 Å². The lowest BCUT2D eigenvalue weighted by Gasteiger charge is -2.09. The predicted octanol–water partition coefficient (Wildman–Crippen LogP) is 2.21. The number of hydrogen-bond acceptors (Lipinski definition) is 3. The van der Waals surface area contributed by atoms with E-state index in [1.165, 1.54) is 0 Å². The second-order valence-corrected chi connectivity index (χ2v) is 5.44. The Labute approximate surface area is 129 Å². The van der Waals surface area contributed by atoms with Crippen molar-refractivity contribution in [3.8, 4) is 5.69 Å². The largest absolute Gasteiger partial charge is 0.352 e. The van der Waals surface area contributed by atoms with Crippen LogP contribution >= 0.6 is 11.6 Å². The van der Waals surface area contributed by atoms with Crippen LogP contribution < -0.4 is 5.32 Å². The Bertz CT molecular complexity index is 609. The zero-order valence-electron chi connectivity index (χ0n) is 12.2. The maximum Gasteiger partial charge on any atom is 0.254 e. The molecule has 0 fully saturated rings. The van der Waals surface area contributed by atoms with Gasteiger partial charge >= 0.3 is 0 Å². The van der Waals surface area contributed by atoms with Crippen molar-refractivity contribution < 1.29 is 4.79 Å². The highest BCUT2D eigenvalue weighted by atomic mass is 35.5. The van der Waals surface area contributed by atoms with Crippen molar-refractivity contribution in [3.05, 3.63) is 47.2 Å². The summed E-state index contributed by atoms with van der Waals surface area (Å²) in [5.41, 5.74) is 1.28. The minimum atomic E-state index is -0.118. The van der Waals surface area contributed by atoms with Gasteiger partial charge in [-0.25, -0.2) is 4.68 Å². The van der Waals surface area contributed by atoms with Crippen LogP contribution in [0, 0.1) is 0 Å². The molecule has 0 spiro atoms. The first-order valence-corrected chi connectivity index (χ1v) is 7.18. The lowest BCUT2D eigenvalue weighted by molar-refractivity contribution is 0.0952. The molecule has 0 aliphatic heterocycles. The Kier molecular flexibility index (Phi) is 5.36. The molecule has 1 aromatic carbocycles. The smallest absolute Gasteiger partial charge is 0.254 e. The maximum absolute atomic E-state index is 12.0. The van der Waals surface area contributed by atoms with Crippen LogP contribution in [-0.2, 0) is 0 Å². The number of hydrogen-bond donors (Lipinski definition) is 1. The van der Waals surface area contributed by atoms with E-state index in [1.54, 1.807) is 23.1 Å². The molecule has 0 atom stereocenters. The van der Waals surface area contributed by atoms with Crippen molar-refractivity contribution in [2.45, 2.75) is 6.42 Å². The fraction of sp³-hybridized carbons (Fsp3) is 0.333. The van der Waals surface area contributed by atoms with E-state index in [1.807, 2.05) is 32.3 Å². The second kappa shape index (κ2) is 7.24. The van der Waals surface area contributed by atoms with Gasteiger partial charge in [-0.15, -0.1) is 0 Å². The number of para-hydroxylation sites is 1. The molecule has 5 nitrogen and oxygen atoms in total. The van der Waals surface area contributed by atoms with E-state index in [0.29, 0.717) is 17.1 Å². The SMILES string of the molecule is CN(C)CCCNC(=O)c1cnn(-c2ccccc2Cl)c1. The number of nitrogens with one attached hydrogen (secondary N) is 1. The molecule has 6 heteroatoms. The van der Waals surface area contributed by atoms with Gasteiger partial charge in [-0.05, 0) is 39.2 Å². The molecule has 0 unspecified atom stereocenters. The minimum Gasteiger partial charge on any atom is -0.352 e. The van der Waals surface area contributed by atoms with Crippen LogP contribution in [-0.4, -0.2) is 47.8 Å². The molecule has 0 bridgehead atoms. The first-order chi connectivity index (χ1) is 10.1. The summed E-state index contributed by atoms with van der Waals surface area (Å²) in [4.78, 5) is 14.1. The normalized spacial score (nSPS) is 10.9. The highest BCUT2D eigenvalue weighted by molar-refractivity contribution is 6.32. The van der Waals surface area contributed by atoms with E-state index >= 15 is 0 Å². The molecular weight excluding hydrogens is 288 g/mol. The van der Waals surface area contributed by atoms with E-state index in [-0.39, 0.29) is 5.91 Å². The molecule has 1 amide bonds. The van der Waals surface area contributed by atoms with Crippen molar-refractivity contribution in [1.82, 2.24) is 20.0 Å². The fourth-order valence-electron chi connectivity index (χ4n) is 1.91. The molecular formula is C15H19ClN4O. The second-order valence-electron chi connectivity index (χ2n) is 5.04. The van der Waals surface area contributed by atoms with Gasteiger partial charge in [0.1, 0.15) is 0 Å². The van der Waals surface area contributed by atoms with Crippen LogP contribution in [0.5, 0.6) is 0 Å². The van der Waals surface area contributed by atoms with E-state index in [0.717, 1.165) is 18.7 Å². The van der Waals surface area contributed by atoms with E-state index in [9.17, 15) is 4.79 Å². The van der Waals surface area contributed by atoms with Gasteiger partial charge in [0.2, 0.25) is 0 Å². The third-order valence-electron chi connectivity index (χ3n) is 3.01. The van der Waals surface area contributed by atoms with Crippen molar-refractivity contribution in [3.63, 3.8) is 0 Å². The summed E-state index contributed by atoms with van der Waals surface area (Å²) in [5.74, 6) is -0.118. The summed E-state index contributed by atoms with van der Waals surface area (Å²) in [6.07, 6.45) is 4.14. The number of aromatic nitrogens is 2. The van der Waals surface area contributed by atoms with E-state index < -0.39 is 0 Å². The van der Waals surface area contributed by atoms with Crippen molar-refractivity contribution in [2.24, 2.45) is 0 Å². The monoisotopic (exact) mass is 306 g/mol. The number of nitrogens with zero attached hydrogens (tertiary/aromatic N) is 3. The van der Waals surface area contributed by atoms with Gasteiger partial charge in [-0.1, -0.05) is 23.7 Å². The number of benzene rings is 1. The van der Waals surface area contributed by atoms with Crippen LogP contribution in [0.3, 0.4) is 0 Å². The number of amides is 1. The molecule has 0 saturated carbocycles. The van der Waals surface area contributed by atoms with E-state index in [4.69, 9.17) is 11.6 Å². The maximum atomic E-state index is 12.0. The van der Waals surface area contributed by atoms with Crippen LogP contribution in [0.4, 0.5) is 0 Å². The van der Waals surface area contributed by atoms with Crippen LogP contribution in [0.1, 0.15) is 16.8 Å². The average Bonchev–Trinajstić information content (AvgIpc) is 2.93. The molecule has 0 radical (unpaired) electrons. The number of halogens is 1. The van der Waals surface area contributed by atoms with Crippen molar-refractivity contribution >= 4 is 17.5 Å². The quantitative estimate of drug-likeness (QED) is 0.833. The van der Waals surface area contributed by atoms with Gasteiger partial charge in [0, 0.05) is 12.7 Å². The summed E-state index contributed by atoms with van der Waals surface area (Å²) in [5, 5.41) is 7.67. The molecule has 2 rings (SSSR count). The number of carbonyl (C=O) groups is 1. The fourth-order valence-corrected chi connectivity index (χ4v) is 2.13. The van der Waals surface area contributed by atoms with Crippen molar-refractivity contribution in [1.29, 1.82) is 0 Å². The lowest BCUT2D eigenvalue weighted by Crippen LogP contribution is -2.26. The summed E-state index contributed by atoms with van der Waals surface area (Å²) >= 11 is 6.11. The molecule has 21 heavy (non-hydrogen) atoms. The molecule has 1 aromatic heterocycles. The molecule has 2 aromatic rings. The zero-order valence-corrected chi connectivity index (χ0v) is 13.0. The summed E-state index contributed by atoms with van der Waals surface area (Å²) in [7, 11) is 4.02. The Morgan fingerprint density at radius 3 is 2.86 bits per heavy atom. The lowest BCUT2D eigenvalue weighted by atomic mass is 10.3. The topological polar surface area (TPSA) is 50.2 Å². The number of rotatable bonds is 6. The highest BCUT2D eigenvalue weighted by Gasteiger charge is 2.10. The van der Waals surface area contributed by atoms with Gasteiger partial charge in [-0.2, -0.15) is 5.10 Å². The summed E-state index contributed by atoms with van der Waals surface area (Å²) < 4.78 is 1.61. The van der Waals surface area contributed by atoms with Gasteiger partial charge in [0.05, 0.1) is 22.5 Å². The van der Waals surface area contributed by atoms with Gasteiger partial charge < -0.3 is 10.2 Å². The van der Waals surface area contributed by atoms with Gasteiger partial charge in [-0.3, -0.25) is 4.79 Å². The van der Waals surface area contributed by atoms with Crippen molar-refractivity contribution in [2.75, 3.05) is 27.2 Å². The third-order valence-corrected chi connectivity index (χ3v) is 3.33. The summed E-state index contributed by atoms with van der Waals surface area (Å²) in [6.45, 7) is 1.59. The van der Waals surface area contributed by atoms with Crippen LogP contribution in [0.15, 0.2) is 36.7 Å². The van der Waals surface area contributed by atoms with E-state index in [2.05, 4.69) is 15.3 Å². The highest BCUT2D eigenvalue weighted by Crippen LogP contribution is 2.19. The summed E-state index contributed by atoms with van der Waals surface area (Å²) in [6, 6.07) is 7.38. The Morgan fingerprint density at radius 1 is 1.38 bits per heavy atom. The van der Waals surface area contributed by atoms with Crippen LogP contribution in [0.25, 0.3) is 5.69 Å².